The summed E-state index contributed by atoms with van der Waals surface area (Å²) in [6.07, 6.45) is -0.0139. The zero-order valence-corrected chi connectivity index (χ0v) is 8.80. The van der Waals surface area contributed by atoms with Crippen molar-refractivity contribution < 1.29 is 18.4 Å². The Labute approximate surface area is 82.1 Å². The van der Waals surface area contributed by atoms with E-state index < -0.39 is 5.79 Å². The minimum atomic E-state index is -0.514. The fourth-order valence-corrected chi connectivity index (χ4v) is 2.39. The van der Waals surface area contributed by atoms with E-state index in [2.05, 4.69) is 0 Å². The molecule has 0 amide bonds. The highest BCUT2D eigenvalue weighted by molar-refractivity contribution is 7.95. The van der Waals surface area contributed by atoms with Crippen molar-refractivity contribution in [1.29, 1.82) is 0 Å². The maximum Gasteiger partial charge on any atom is 0.164 e. The van der Waals surface area contributed by atoms with Crippen molar-refractivity contribution in [3.63, 3.8) is 0 Å². The van der Waals surface area contributed by atoms with E-state index in [0.29, 0.717) is 6.61 Å². The van der Waals surface area contributed by atoms with Crippen LogP contribution < -0.4 is 0 Å². The van der Waals surface area contributed by atoms with Crippen LogP contribution in [0.3, 0.4) is 0 Å². The molecule has 0 aliphatic carbocycles. The molecule has 2 fully saturated rings. The van der Waals surface area contributed by atoms with E-state index in [1.54, 1.807) is 7.11 Å². The smallest absolute Gasteiger partial charge is 0.164 e. The largest absolute Gasteiger partial charge is 0.366 e. The molecule has 13 heavy (non-hydrogen) atoms. The van der Waals surface area contributed by atoms with Gasteiger partial charge in [0.05, 0.1) is 6.61 Å². The van der Waals surface area contributed by atoms with E-state index in [1.165, 1.54) is 12.0 Å². The van der Waals surface area contributed by atoms with Gasteiger partial charge in [-0.05, 0) is 13.8 Å². The Morgan fingerprint density at radius 1 is 1.38 bits per heavy atom. The van der Waals surface area contributed by atoms with Crippen LogP contribution in [0.4, 0.5) is 0 Å². The van der Waals surface area contributed by atoms with E-state index in [0.717, 1.165) is 0 Å². The van der Waals surface area contributed by atoms with Crippen LogP contribution in [-0.2, 0) is 18.4 Å². The molecule has 0 aromatic rings. The van der Waals surface area contributed by atoms with Crippen molar-refractivity contribution in [3.8, 4) is 0 Å². The maximum atomic E-state index is 5.71. The lowest BCUT2D eigenvalue weighted by molar-refractivity contribution is -0.151. The molecule has 0 unspecified atom stereocenters. The Morgan fingerprint density at radius 2 is 2.15 bits per heavy atom. The third-order valence-corrected chi connectivity index (χ3v) is 3.04. The highest BCUT2D eigenvalue weighted by Gasteiger charge is 2.48. The van der Waals surface area contributed by atoms with Gasteiger partial charge in [0, 0.05) is 19.2 Å². The average molecular weight is 206 g/mol. The summed E-state index contributed by atoms with van der Waals surface area (Å²) >= 11 is 1.31. The molecule has 3 atom stereocenters. The van der Waals surface area contributed by atoms with E-state index in [4.69, 9.17) is 18.4 Å². The summed E-state index contributed by atoms with van der Waals surface area (Å²) in [7, 11) is 1.65. The van der Waals surface area contributed by atoms with Crippen molar-refractivity contribution >= 4 is 12.0 Å². The Hall–Kier alpha value is 0.190. The zero-order valence-electron chi connectivity index (χ0n) is 7.98. The number of hydrogen-bond acceptors (Lipinski definition) is 5. The molecule has 2 rings (SSSR count). The fraction of sp³-hybridized carbons (Fsp3) is 1.00. The number of methoxy groups -OCH3 is 1. The monoisotopic (exact) mass is 206 g/mol. The first-order valence-electron chi connectivity index (χ1n) is 4.29. The molecule has 0 spiro atoms. The van der Waals surface area contributed by atoms with Gasteiger partial charge in [0.25, 0.3) is 0 Å². The molecule has 76 valence electrons. The lowest BCUT2D eigenvalue weighted by Crippen LogP contribution is -2.40. The van der Waals surface area contributed by atoms with Gasteiger partial charge < -0.3 is 18.4 Å². The van der Waals surface area contributed by atoms with Gasteiger partial charge in [-0.15, -0.1) is 0 Å². The molecule has 0 aromatic carbocycles. The second kappa shape index (κ2) is 3.40. The predicted octanol–water partition coefficient (Wildman–Crippen LogP) is 1.16. The Morgan fingerprint density at radius 3 is 2.85 bits per heavy atom. The highest BCUT2D eigenvalue weighted by Crippen LogP contribution is 2.38. The Bertz CT molecular complexity index is 197. The van der Waals surface area contributed by atoms with E-state index in [-0.39, 0.29) is 17.6 Å². The minimum Gasteiger partial charge on any atom is -0.366 e. The van der Waals surface area contributed by atoms with Gasteiger partial charge in [-0.25, -0.2) is 0 Å². The lowest BCUT2D eigenvalue weighted by atomic mass is 10.2. The number of fused-ring (bicyclic) bond motifs is 1. The van der Waals surface area contributed by atoms with Gasteiger partial charge in [-0.3, -0.25) is 0 Å². The van der Waals surface area contributed by atoms with Crippen molar-refractivity contribution in [3.05, 3.63) is 0 Å². The van der Waals surface area contributed by atoms with Gasteiger partial charge in [0.1, 0.15) is 12.2 Å². The fourth-order valence-electron chi connectivity index (χ4n) is 1.62. The van der Waals surface area contributed by atoms with E-state index in [9.17, 15) is 0 Å². The van der Waals surface area contributed by atoms with E-state index in [1.807, 2.05) is 13.8 Å². The van der Waals surface area contributed by atoms with Crippen LogP contribution in [0, 0.1) is 0 Å². The van der Waals surface area contributed by atoms with Gasteiger partial charge in [0.2, 0.25) is 0 Å². The van der Waals surface area contributed by atoms with Crippen molar-refractivity contribution in [2.75, 3.05) is 13.7 Å². The number of hydrogen-bond donors (Lipinski definition) is 0. The van der Waals surface area contributed by atoms with Crippen LogP contribution in [-0.4, -0.2) is 37.1 Å². The normalized spacial score (nSPS) is 43.2. The molecule has 0 saturated carbocycles. The quantitative estimate of drug-likeness (QED) is 0.602. The molecule has 2 aliphatic heterocycles. The predicted molar refractivity (Wildman–Crippen MR) is 48.2 cm³/mol. The van der Waals surface area contributed by atoms with Crippen LogP contribution in [0.2, 0.25) is 0 Å². The van der Waals surface area contributed by atoms with Crippen molar-refractivity contribution in [2.24, 2.45) is 0 Å². The van der Waals surface area contributed by atoms with Gasteiger partial charge in [-0.2, -0.15) is 0 Å². The van der Waals surface area contributed by atoms with E-state index >= 15 is 0 Å². The van der Waals surface area contributed by atoms with Crippen molar-refractivity contribution in [1.82, 2.24) is 0 Å². The summed E-state index contributed by atoms with van der Waals surface area (Å²) in [5, 5.41) is 0. The van der Waals surface area contributed by atoms with Crippen LogP contribution in [0.1, 0.15) is 13.8 Å². The van der Waals surface area contributed by atoms with Crippen LogP contribution in [0.25, 0.3) is 0 Å². The van der Waals surface area contributed by atoms with Gasteiger partial charge in [0.15, 0.2) is 11.2 Å². The molecule has 0 N–H and O–H groups in total. The average Bonchev–Trinajstić information content (AvgIpc) is 2.37. The minimum absolute atomic E-state index is 0.00111. The molecular formula is C8H14O4S. The number of ether oxygens (including phenoxy) is 3. The summed E-state index contributed by atoms with van der Waals surface area (Å²) in [4.78, 5) is 0. The molecule has 2 heterocycles. The van der Waals surface area contributed by atoms with Gasteiger partial charge >= 0.3 is 0 Å². The molecule has 0 aromatic heterocycles. The SMILES string of the molecule is CO[C@H]1SOC[C@@H]2OC(C)(C)O[C@@H]21. The third-order valence-electron chi connectivity index (χ3n) is 2.12. The molecule has 5 heteroatoms. The van der Waals surface area contributed by atoms with Gasteiger partial charge in [-0.1, -0.05) is 0 Å². The molecule has 4 nitrogen and oxygen atoms in total. The highest BCUT2D eigenvalue weighted by atomic mass is 32.2. The van der Waals surface area contributed by atoms with Crippen LogP contribution >= 0.6 is 12.0 Å². The molecule has 0 bridgehead atoms. The first-order valence-corrected chi connectivity index (χ1v) is 5.09. The third kappa shape index (κ3) is 1.85. The summed E-state index contributed by atoms with van der Waals surface area (Å²) in [6, 6.07) is 0. The van der Waals surface area contributed by atoms with Crippen molar-refractivity contribution in [2.45, 2.75) is 37.3 Å². The van der Waals surface area contributed by atoms with Crippen LogP contribution in [0.5, 0.6) is 0 Å². The topological polar surface area (TPSA) is 36.9 Å². The molecular weight excluding hydrogens is 192 g/mol. The van der Waals surface area contributed by atoms with Crippen LogP contribution in [0.15, 0.2) is 0 Å². The first kappa shape index (κ1) is 9.73. The second-order valence-electron chi connectivity index (χ2n) is 3.62. The zero-order chi connectivity index (χ0) is 9.47. The standard InChI is InChI=1S/C8H14O4S/c1-8(2)11-5-4-10-13-7(9-3)6(5)12-8/h5-7H,4H2,1-3H3/t5-,6-,7-/m0/s1. The molecule has 2 saturated heterocycles. The number of rotatable bonds is 1. The molecule has 0 radical (unpaired) electrons. The second-order valence-corrected chi connectivity index (χ2v) is 4.52. The Balaban J connectivity index is 2.08. The Kier molecular flexibility index (Phi) is 2.55. The first-order chi connectivity index (χ1) is 6.12. The summed E-state index contributed by atoms with van der Waals surface area (Å²) < 4.78 is 21.9. The summed E-state index contributed by atoms with van der Waals surface area (Å²) in [5.41, 5.74) is -0.0828. The lowest BCUT2D eigenvalue weighted by Gasteiger charge is -2.28. The maximum absolute atomic E-state index is 5.71. The summed E-state index contributed by atoms with van der Waals surface area (Å²) in [5.74, 6) is -0.514. The molecule has 2 aliphatic rings. The summed E-state index contributed by atoms with van der Waals surface area (Å²) in [6.45, 7) is 4.38.